The number of aryl methyl sites for hydroxylation is 3. The molecule has 30 heavy (non-hydrogen) atoms. The average molecular weight is 434 g/mol. The lowest BCUT2D eigenvalue weighted by Crippen LogP contribution is -2.48. The van der Waals surface area contributed by atoms with E-state index < -0.39 is 9.84 Å². The largest absolute Gasteiger partial charge is 0.473 e. The van der Waals surface area contributed by atoms with Gasteiger partial charge in [0.25, 0.3) is 0 Å². The van der Waals surface area contributed by atoms with Crippen LogP contribution in [0.2, 0.25) is 0 Å². The summed E-state index contributed by atoms with van der Waals surface area (Å²) in [5.41, 5.74) is 2.15. The van der Waals surface area contributed by atoms with Gasteiger partial charge in [0.1, 0.15) is 16.9 Å². The quantitative estimate of drug-likeness (QED) is 0.683. The average Bonchev–Trinajstić information content (AvgIpc) is 3.15. The lowest BCUT2D eigenvalue weighted by atomic mass is 10.0. The van der Waals surface area contributed by atoms with Crippen molar-refractivity contribution in [3.63, 3.8) is 0 Å². The topological polar surface area (TPSA) is 101 Å². The van der Waals surface area contributed by atoms with Gasteiger partial charge in [0, 0.05) is 12.1 Å². The molecule has 2 bridgehead atoms. The van der Waals surface area contributed by atoms with Crippen LogP contribution in [0.5, 0.6) is 5.88 Å². The van der Waals surface area contributed by atoms with Gasteiger partial charge in [-0.1, -0.05) is 13.3 Å². The van der Waals surface area contributed by atoms with Crippen molar-refractivity contribution < 1.29 is 13.2 Å². The summed E-state index contributed by atoms with van der Waals surface area (Å²) in [5.74, 6) is 0.604. The van der Waals surface area contributed by atoms with E-state index in [2.05, 4.69) is 32.0 Å². The van der Waals surface area contributed by atoms with Crippen LogP contribution in [0.1, 0.15) is 62.5 Å². The molecule has 4 heterocycles. The van der Waals surface area contributed by atoms with Crippen molar-refractivity contribution >= 4 is 9.84 Å². The summed E-state index contributed by atoms with van der Waals surface area (Å²) in [6, 6.07) is 0.431. The number of H-pyrrole nitrogens is 1. The zero-order valence-corrected chi connectivity index (χ0v) is 18.8. The van der Waals surface area contributed by atoms with Gasteiger partial charge in [0.2, 0.25) is 5.88 Å². The zero-order valence-electron chi connectivity index (χ0n) is 18.0. The van der Waals surface area contributed by atoms with Crippen LogP contribution in [0, 0.1) is 13.8 Å². The maximum atomic E-state index is 13.1. The maximum absolute atomic E-state index is 13.1. The third kappa shape index (κ3) is 4.37. The monoisotopic (exact) mass is 433 g/mol. The third-order valence-corrected chi connectivity index (χ3v) is 8.15. The molecule has 0 amide bonds. The second-order valence-electron chi connectivity index (χ2n) is 8.57. The molecule has 164 valence electrons. The van der Waals surface area contributed by atoms with E-state index in [0.717, 1.165) is 50.6 Å². The number of nitrogens with one attached hydrogen (secondary N) is 1. The molecule has 2 aromatic heterocycles. The highest BCUT2D eigenvalue weighted by Gasteiger charge is 2.44. The fourth-order valence-electron chi connectivity index (χ4n) is 4.85. The summed E-state index contributed by atoms with van der Waals surface area (Å²) in [6.45, 7) is 5.66. The van der Waals surface area contributed by atoms with E-state index in [-0.39, 0.29) is 24.1 Å². The Bertz CT molecular complexity index is 940. The van der Waals surface area contributed by atoms with Crippen LogP contribution in [0.15, 0.2) is 17.3 Å². The molecular formula is C21H31N5O3S. The van der Waals surface area contributed by atoms with E-state index in [9.17, 15) is 8.42 Å². The molecule has 0 spiro atoms. The Labute approximate surface area is 178 Å². The molecule has 4 rings (SSSR count). The maximum Gasteiger partial charge on any atom is 0.232 e. The Morgan fingerprint density at radius 1 is 1.17 bits per heavy atom. The van der Waals surface area contributed by atoms with Crippen molar-refractivity contribution in [1.82, 2.24) is 25.1 Å². The molecule has 8 nitrogen and oxygen atoms in total. The van der Waals surface area contributed by atoms with E-state index in [1.54, 1.807) is 26.2 Å². The number of nitrogens with zero attached hydrogens (tertiary/aromatic N) is 4. The SMILES string of the molecule is CCCCc1cnc(OC2C[C@H]3CC[C@@H](C2)N3CS(=O)(=O)c2c(C)n[nH]c2C)cn1. The molecule has 1 unspecified atom stereocenters. The lowest BCUT2D eigenvalue weighted by Gasteiger charge is -2.38. The van der Waals surface area contributed by atoms with E-state index in [1.807, 2.05) is 0 Å². The first-order valence-corrected chi connectivity index (χ1v) is 12.5. The van der Waals surface area contributed by atoms with Gasteiger partial charge in [-0.25, -0.2) is 13.4 Å². The van der Waals surface area contributed by atoms with Gasteiger partial charge in [-0.3, -0.25) is 15.0 Å². The predicted molar refractivity (Wildman–Crippen MR) is 113 cm³/mol. The number of rotatable bonds is 8. The van der Waals surface area contributed by atoms with E-state index in [0.29, 0.717) is 22.2 Å². The highest BCUT2D eigenvalue weighted by molar-refractivity contribution is 7.91. The molecule has 2 saturated heterocycles. The predicted octanol–water partition coefficient (Wildman–Crippen LogP) is 2.96. The number of hydrogen-bond donors (Lipinski definition) is 1. The molecule has 2 fully saturated rings. The van der Waals surface area contributed by atoms with Crippen molar-refractivity contribution in [3.8, 4) is 5.88 Å². The van der Waals surface area contributed by atoms with Gasteiger partial charge >= 0.3 is 0 Å². The summed E-state index contributed by atoms with van der Waals surface area (Å²) in [7, 11) is -3.42. The van der Waals surface area contributed by atoms with Crippen LogP contribution in [-0.2, 0) is 16.3 Å². The molecule has 2 aliphatic rings. The minimum absolute atomic E-state index is 0.0438. The number of piperidine rings is 1. The zero-order chi connectivity index (χ0) is 21.3. The van der Waals surface area contributed by atoms with Gasteiger partial charge in [-0.05, 0) is 52.4 Å². The molecule has 0 aromatic carbocycles. The first-order valence-electron chi connectivity index (χ1n) is 10.8. The Balaban J connectivity index is 1.39. The van der Waals surface area contributed by atoms with Crippen LogP contribution in [0.4, 0.5) is 0 Å². The third-order valence-electron chi connectivity index (χ3n) is 6.29. The summed E-state index contributed by atoms with van der Waals surface area (Å²) >= 11 is 0. The lowest BCUT2D eigenvalue weighted by molar-refractivity contribution is 0.0578. The minimum atomic E-state index is -3.42. The summed E-state index contributed by atoms with van der Waals surface area (Å²) in [4.78, 5) is 11.4. The molecule has 9 heteroatoms. The fourth-order valence-corrected chi connectivity index (χ4v) is 6.80. The number of sulfone groups is 1. The molecular weight excluding hydrogens is 402 g/mol. The minimum Gasteiger partial charge on any atom is -0.473 e. The van der Waals surface area contributed by atoms with Crippen molar-refractivity contribution in [2.45, 2.75) is 88.8 Å². The van der Waals surface area contributed by atoms with Gasteiger partial charge in [0.05, 0.1) is 29.5 Å². The Hall–Kier alpha value is -2.00. The van der Waals surface area contributed by atoms with Crippen LogP contribution in [0.25, 0.3) is 0 Å². The molecule has 0 saturated carbocycles. The van der Waals surface area contributed by atoms with Gasteiger partial charge in [-0.15, -0.1) is 0 Å². The summed E-state index contributed by atoms with van der Waals surface area (Å²) < 4.78 is 32.2. The van der Waals surface area contributed by atoms with E-state index in [1.165, 1.54) is 0 Å². The molecule has 2 aromatic rings. The summed E-state index contributed by atoms with van der Waals surface area (Å²) in [5, 5.41) is 6.84. The number of hydrogen-bond acceptors (Lipinski definition) is 7. The van der Waals surface area contributed by atoms with Crippen LogP contribution >= 0.6 is 0 Å². The number of fused-ring (bicyclic) bond motifs is 2. The first-order chi connectivity index (χ1) is 14.4. The first kappa shape index (κ1) is 21.2. The van der Waals surface area contributed by atoms with Crippen LogP contribution in [0.3, 0.4) is 0 Å². The van der Waals surface area contributed by atoms with Gasteiger partial charge in [-0.2, -0.15) is 5.10 Å². The highest BCUT2D eigenvalue weighted by atomic mass is 32.2. The van der Waals surface area contributed by atoms with Gasteiger partial charge in [0.15, 0.2) is 9.84 Å². The second kappa shape index (κ2) is 8.63. The van der Waals surface area contributed by atoms with Crippen molar-refractivity contribution in [2.24, 2.45) is 0 Å². The molecule has 1 N–H and O–H groups in total. The fraction of sp³-hybridized carbons (Fsp3) is 0.667. The van der Waals surface area contributed by atoms with Crippen LogP contribution < -0.4 is 4.74 Å². The normalized spacial score (nSPS) is 24.3. The molecule has 0 radical (unpaired) electrons. The Morgan fingerprint density at radius 2 is 1.90 bits per heavy atom. The smallest absolute Gasteiger partial charge is 0.232 e. The molecule has 2 aliphatic heterocycles. The van der Waals surface area contributed by atoms with Crippen molar-refractivity contribution in [3.05, 3.63) is 29.5 Å². The van der Waals surface area contributed by atoms with Crippen molar-refractivity contribution in [2.75, 3.05) is 5.88 Å². The number of aromatic amines is 1. The molecule has 3 atom stereocenters. The standard InChI is InChI=1S/C21H31N5O3S/c1-4-5-6-16-11-23-20(12-22-16)29-19-9-17-7-8-18(10-19)26(17)13-30(27,28)21-14(2)24-25-15(21)3/h11-12,17-19H,4-10,13H2,1-3H3,(H,24,25)/t17-,18+,19?. The number of ether oxygens (including phenoxy) is 1. The van der Waals surface area contributed by atoms with E-state index in [4.69, 9.17) is 4.74 Å². The van der Waals surface area contributed by atoms with Crippen molar-refractivity contribution in [1.29, 1.82) is 0 Å². The number of aromatic nitrogens is 4. The van der Waals surface area contributed by atoms with Gasteiger partial charge < -0.3 is 4.74 Å². The Morgan fingerprint density at radius 3 is 2.47 bits per heavy atom. The van der Waals surface area contributed by atoms with Crippen LogP contribution in [-0.4, -0.2) is 57.5 Å². The van der Waals surface area contributed by atoms with E-state index >= 15 is 0 Å². The number of unbranched alkanes of at least 4 members (excludes halogenated alkanes) is 1. The Kier molecular flexibility index (Phi) is 6.11. The second-order valence-corrected chi connectivity index (χ2v) is 10.5. The summed E-state index contributed by atoms with van der Waals surface area (Å²) in [6.07, 6.45) is 10.4. The molecule has 0 aliphatic carbocycles. The highest BCUT2D eigenvalue weighted by Crippen LogP contribution is 2.38.